The van der Waals surface area contributed by atoms with E-state index in [1.165, 1.54) is 19.1 Å². The fraction of sp³-hybridized carbons (Fsp3) is 0.125. The highest BCUT2D eigenvalue weighted by Crippen LogP contribution is 2.31. The van der Waals surface area contributed by atoms with Gasteiger partial charge in [-0.15, -0.1) is 0 Å². The molecule has 2 aromatic rings. The molecule has 0 spiro atoms. The predicted octanol–water partition coefficient (Wildman–Crippen LogP) is 2.38. The molecular weight excluding hydrogens is 354 g/mol. The molecule has 6 nitrogen and oxygen atoms in total. The maximum atomic E-state index is 13.6. The van der Waals surface area contributed by atoms with E-state index in [9.17, 15) is 26.8 Å². The molecule has 0 saturated heterocycles. The van der Waals surface area contributed by atoms with Crippen molar-refractivity contribution in [1.82, 2.24) is 4.31 Å². The lowest BCUT2D eigenvalue weighted by atomic mass is 10.1. The summed E-state index contributed by atoms with van der Waals surface area (Å²) in [5, 5.41) is 2.23. The number of carbonyl (C=O) groups is 2. The Labute approximate surface area is 142 Å². The van der Waals surface area contributed by atoms with E-state index in [2.05, 4.69) is 5.32 Å². The lowest BCUT2D eigenvalue weighted by Gasteiger charge is -2.11. The normalized spacial score (nSPS) is 15.2. The monoisotopic (exact) mass is 366 g/mol. The lowest BCUT2D eigenvalue weighted by molar-refractivity contribution is 0.0875. The van der Waals surface area contributed by atoms with Crippen molar-refractivity contribution in [3.63, 3.8) is 0 Å². The molecule has 1 aliphatic rings. The second-order valence-electron chi connectivity index (χ2n) is 5.26. The molecule has 1 aliphatic heterocycles. The zero-order valence-corrected chi connectivity index (χ0v) is 13.7. The van der Waals surface area contributed by atoms with Crippen molar-refractivity contribution < 1.29 is 26.8 Å². The molecule has 3 rings (SSSR count). The number of rotatable bonds is 3. The number of carbonyl (C=O) groups excluding carboxylic acids is 2. The van der Waals surface area contributed by atoms with E-state index in [0.29, 0.717) is 10.4 Å². The second-order valence-corrected chi connectivity index (χ2v) is 7.09. The first-order chi connectivity index (χ1) is 11.8. The van der Waals surface area contributed by atoms with Gasteiger partial charge in [0.25, 0.3) is 21.8 Å². The molecule has 0 saturated carbocycles. The van der Waals surface area contributed by atoms with Gasteiger partial charge in [-0.2, -0.15) is 0 Å². The minimum Gasteiger partial charge on any atom is -0.319 e. The smallest absolute Gasteiger partial charge is 0.268 e. The van der Waals surface area contributed by atoms with E-state index in [-0.39, 0.29) is 28.3 Å². The number of amides is 2. The molecule has 0 aromatic heterocycles. The number of anilines is 1. The summed E-state index contributed by atoms with van der Waals surface area (Å²) in [6.45, 7) is 1.49. The van der Waals surface area contributed by atoms with Gasteiger partial charge in [-0.1, -0.05) is 0 Å². The third kappa shape index (κ3) is 2.76. The fourth-order valence-electron chi connectivity index (χ4n) is 2.51. The Kier molecular flexibility index (Phi) is 4.03. The summed E-state index contributed by atoms with van der Waals surface area (Å²) in [6, 6.07) is 6.21. The van der Waals surface area contributed by atoms with Crippen LogP contribution in [-0.2, 0) is 10.0 Å². The van der Waals surface area contributed by atoms with Gasteiger partial charge in [0.15, 0.2) is 0 Å². The Bertz CT molecular complexity index is 1010. The highest BCUT2D eigenvalue weighted by Gasteiger charge is 2.40. The molecule has 1 N–H and O–H groups in total. The van der Waals surface area contributed by atoms with Gasteiger partial charge in [0.1, 0.15) is 16.5 Å². The van der Waals surface area contributed by atoms with Gasteiger partial charge in [-0.05, 0) is 37.3 Å². The van der Waals surface area contributed by atoms with Crippen LogP contribution in [0.4, 0.5) is 14.5 Å². The first kappa shape index (κ1) is 17.0. The number of benzene rings is 2. The quantitative estimate of drug-likeness (QED) is 0.904. The average molecular weight is 366 g/mol. The zero-order valence-electron chi connectivity index (χ0n) is 12.9. The Morgan fingerprint density at radius 3 is 2.52 bits per heavy atom. The standard InChI is InChI=1S/C16H12F2N2O4S/c1-2-20-16(22)11-5-3-9(7-14(11)25(20,23)24)15(21)19-13-6-4-10(17)8-12(13)18/h3-8H,2H2,1H3,(H,19,21). The molecule has 130 valence electrons. The third-order valence-electron chi connectivity index (χ3n) is 3.74. The molecular formula is C16H12F2N2O4S. The van der Waals surface area contributed by atoms with Crippen LogP contribution in [0.1, 0.15) is 27.6 Å². The Morgan fingerprint density at radius 2 is 1.88 bits per heavy atom. The van der Waals surface area contributed by atoms with Gasteiger partial charge in [-0.3, -0.25) is 9.59 Å². The van der Waals surface area contributed by atoms with Crippen LogP contribution in [-0.4, -0.2) is 31.1 Å². The number of nitrogens with one attached hydrogen (secondary N) is 1. The van der Waals surface area contributed by atoms with Crippen molar-refractivity contribution in [2.75, 3.05) is 11.9 Å². The first-order valence-electron chi connectivity index (χ1n) is 7.23. The average Bonchev–Trinajstić information content (AvgIpc) is 2.75. The van der Waals surface area contributed by atoms with Crippen molar-refractivity contribution >= 4 is 27.5 Å². The SMILES string of the molecule is CCN1C(=O)c2ccc(C(=O)Nc3ccc(F)cc3F)cc2S1(=O)=O. The maximum Gasteiger partial charge on any atom is 0.268 e. The van der Waals surface area contributed by atoms with Gasteiger partial charge in [0.05, 0.1) is 11.3 Å². The number of hydrogen-bond donors (Lipinski definition) is 1. The molecule has 9 heteroatoms. The van der Waals surface area contributed by atoms with E-state index in [4.69, 9.17) is 0 Å². The highest BCUT2D eigenvalue weighted by atomic mass is 32.2. The molecule has 0 atom stereocenters. The first-order valence-corrected chi connectivity index (χ1v) is 8.67. The van der Waals surface area contributed by atoms with Crippen LogP contribution in [0.3, 0.4) is 0 Å². The summed E-state index contributed by atoms with van der Waals surface area (Å²) in [7, 11) is -4.01. The van der Waals surface area contributed by atoms with E-state index in [1.807, 2.05) is 0 Å². The number of nitrogens with zero attached hydrogens (tertiary/aromatic N) is 1. The van der Waals surface area contributed by atoms with Crippen LogP contribution in [0.15, 0.2) is 41.3 Å². The van der Waals surface area contributed by atoms with Gasteiger partial charge in [-0.25, -0.2) is 21.5 Å². The summed E-state index contributed by atoms with van der Waals surface area (Å²) >= 11 is 0. The largest absolute Gasteiger partial charge is 0.319 e. The van der Waals surface area contributed by atoms with Gasteiger partial charge in [0.2, 0.25) is 0 Å². The molecule has 0 unspecified atom stereocenters. The Morgan fingerprint density at radius 1 is 1.16 bits per heavy atom. The van der Waals surface area contributed by atoms with E-state index >= 15 is 0 Å². The molecule has 1 heterocycles. The molecule has 0 bridgehead atoms. The maximum absolute atomic E-state index is 13.6. The van der Waals surface area contributed by atoms with E-state index in [1.54, 1.807) is 0 Å². The van der Waals surface area contributed by atoms with Crippen LogP contribution < -0.4 is 5.32 Å². The number of halogens is 2. The fourth-order valence-corrected chi connectivity index (χ4v) is 4.12. The third-order valence-corrected chi connectivity index (χ3v) is 5.63. The van der Waals surface area contributed by atoms with Gasteiger partial charge in [0, 0.05) is 18.2 Å². The molecule has 0 aliphatic carbocycles. The topological polar surface area (TPSA) is 83.6 Å². The summed E-state index contributed by atoms with van der Waals surface area (Å²) in [5.41, 5.74) is -0.343. The van der Waals surface area contributed by atoms with E-state index < -0.39 is 33.5 Å². The van der Waals surface area contributed by atoms with Gasteiger partial charge < -0.3 is 5.32 Å². The van der Waals surface area contributed by atoms with Crippen LogP contribution in [0, 0.1) is 11.6 Å². The molecule has 0 fully saturated rings. The molecule has 2 aromatic carbocycles. The van der Waals surface area contributed by atoms with E-state index in [0.717, 1.165) is 18.2 Å². The van der Waals surface area contributed by atoms with Crippen molar-refractivity contribution in [3.05, 3.63) is 59.2 Å². The van der Waals surface area contributed by atoms with Crippen LogP contribution in [0.25, 0.3) is 0 Å². The minimum atomic E-state index is -4.01. The Hall–Kier alpha value is -2.81. The number of hydrogen-bond acceptors (Lipinski definition) is 4. The zero-order chi connectivity index (χ0) is 18.4. The van der Waals surface area contributed by atoms with Gasteiger partial charge >= 0.3 is 0 Å². The highest BCUT2D eigenvalue weighted by molar-refractivity contribution is 7.90. The summed E-state index contributed by atoms with van der Waals surface area (Å²) in [4.78, 5) is 24.0. The summed E-state index contributed by atoms with van der Waals surface area (Å²) in [5.74, 6) is -3.20. The Balaban J connectivity index is 1.96. The minimum absolute atomic E-state index is 0.0219. The molecule has 0 radical (unpaired) electrons. The van der Waals surface area contributed by atoms with Crippen molar-refractivity contribution in [2.24, 2.45) is 0 Å². The predicted molar refractivity (Wildman–Crippen MR) is 84.6 cm³/mol. The number of sulfonamides is 1. The molecule has 2 amide bonds. The van der Waals surface area contributed by atoms with Crippen LogP contribution in [0.5, 0.6) is 0 Å². The van der Waals surface area contributed by atoms with Crippen molar-refractivity contribution in [3.8, 4) is 0 Å². The second kappa shape index (κ2) is 5.92. The van der Waals surface area contributed by atoms with Crippen molar-refractivity contribution in [2.45, 2.75) is 11.8 Å². The summed E-state index contributed by atoms with van der Waals surface area (Å²) in [6.07, 6.45) is 0. The molecule has 25 heavy (non-hydrogen) atoms. The summed E-state index contributed by atoms with van der Waals surface area (Å²) < 4.78 is 51.9. The lowest BCUT2D eigenvalue weighted by Crippen LogP contribution is -2.29. The van der Waals surface area contributed by atoms with Crippen LogP contribution >= 0.6 is 0 Å². The van der Waals surface area contributed by atoms with Crippen LogP contribution in [0.2, 0.25) is 0 Å². The van der Waals surface area contributed by atoms with Crippen molar-refractivity contribution in [1.29, 1.82) is 0 Å². The number of fused-ring (bicyclic) bond motifs is 1.